The molecule has 3 aliphatic rings. The first-order valence-electron chi connectivity index (χ1n) is 12.2. The van der Waals surface area contributed by atoms with Crippen LogP contribution in [0.4, 0.5) is 4.39 Å². The lowest BCUT2D eigenvalue weighted by Gasteiger charge is -2.48. The maximum absolute atomic E-state index is 13.1. The molecule has 1 amide bonds. The Morgan fingerprint density at radius 3 is 2.48 bits per heavy atom. The summed E-state index contributed by atoms with van der Waals surface area (Å²) in [5, 5.41) is 3.48. The highest BCUT2D eigenvalue weighted by Gasteiger charge is 2.43. The zero-order valence-electron chi connectivity index (χ0n) is 18.8. The fourth-order valence-corrected chi connectivity index (χ4v) is 5.73. The van der Waals surface area contributed by atoms with Gasteiger partial charge in [0, 0.05) is 44.2 Å². The average molecular weight is 432 g/mol. The van der Waals surface area contributed by atoms with E-state index in [1.54, 1.807) is 0 Å². The van der Waals surface area contributed by atoms with Crippen LogP contribution < -0.4 is 5.32 Å². The van der Waals surface area contributed by atoms with Crippen molar-refractivity contribution in [1.29, 1.82) is 0 Å². The summed E-state index contributed by atoms with van der Waals surface area (Å²) in [6, 6.07) is 6.99. The van der Waals surface area contributed by atoms with Crippen molar-refractivity contribution in [3.05, 3.63) is 35.6 Å². The number of benzene rings is 1. The largest absolute Gasteiger partial charge is 0.379 e. The van der Waals surface area contributed by atoms with E-state index < -0.39 is 0 Å². The van der Waals surface area contributed by atoms with E-state index in [1.807, 2.05) is 12.1 Å². The van der Waals surface area contributed by atoms with E-state index in [0.717, 1.165) is 64.3 Å². The van der Waals surface area contributed by atoms with Crippen LogP contribution in [0.2, 0.25) is 0 Å². The Hall–Kier alpha value is -1.50. The van der Waals surface area contributed by atoms with Gasteiger partial charge in [-0.2, -0.15) is 0 Å². The molecule has 2 heterocycles. The molecule has 2 aliphatic heterocycles. The second kappa shape index (κ2) is 10.9. The fourth-order valence-electron chi connectivity index (χ4n) is 5.73. The summed E-state index contributed by atoms with van der Waals surface area (Å²) in [5.74, 6) is 0.136. The van der Waals surface area contributed by atoms with Gasteiger partial charge in [0.25, 0.3) is 0 Å². The van der Waals surface area contributed by atoms with Gasteiger partial charge in [-0.05, 0) is 49.9 Å². The molecule has 0 radical (unpaired) electrons. The van der Waals surface area contributed by atoms with Crippen LogP contribution in [0.1, 0.15) is 63.4 Å². The number of hydrogen-bond acceptors (Lipinski definition) is 4. The number of halogens is 1. The number of likely N-dealkylation sites (tertiary alicyclic amines) is 1. The van der Waals surface area contributed by atoms with Gasteiger partial charge >= 0.3 is 0 Å². The minimum Gasteiger partial charge on any atom is -0.379 e. The lowest BCUT2D eigenvalue weighted by Crippen LogP contribution is -2.59. The first-order chi connectivity index (χ1) is 15.2. The SMILES string of the molecule is O=C1CC[C@H](CCNCc2ccc(F)cc2)N1CC1(N2CCOCC2)CCCCCC1. The highest BCUT2D eigenvalue weighted by atomic mass is 19.1. The predicted molar refractivity (Wildman–Crippen MR) is 120 cm³/mol. The third-order valence-electron chi connectivity index (χ3n) is 7.53. The van der Waals surface area contributed by atoms with Crippen molar-refractivity contribution in [1.82, 2.24) is 15.1 Å². The van der Waals surface area contributed by atoms with Gasteiger partial charge < -0.3 is 15.0 Å². The summed E-state index contributed by atoms with van der Waals surface area (Å²) >= 11 is 0. The Morgan fingerprint density at radius 1 is 1.06 bits per heavy atom. The van der Waals surface area contributed by atoms with Crippen LogP contribution in [-0.4, -0.2) is 66.7 Å². The van der Waals surface area contributed by atoms with Gasteiger partial charge in [-0.25, -0.2) is 4.39 Å². The average Bonchev–Trinajstić information content (AvgIpc) is 2.99. The number of morpholine rings is 1. The molecule has 3 fully saturated rings. The summed E-state index contributed by atoms with van der Waals surface area (Å²) < 4.78 is 18.7. The zero-order valence-corrected chi connectivity index (χ0v) is 18.8. The lowest BCUT2D eigenvalue weighted by atomic mass is 9.86. The topological polar surface area (TPSA) is 44.8 Å². The highest BCUT2D eigenvalue weighted by molar-refractivity contribution is 5.78. The smallest absolute Gasteiger partial charge is 0.222 e. The van der Waals surface area contributed by atoms with Crippen LogP contribution in [0.25, 0.3) is 0 Å². The quantitative estimate of drug-likeness (QED) is 0.503. The number of rotatable bonds is 8. The summed E-state index contributed by atoms with van der Waals surface area (Å²) in [5.41, 5.74) is 1.21. The molecule has 1 aromatic rings. The van der Waals surface area contributed by atoms with Crippen molar-refractivity contribution in [2.45, 2.75) is 75.9 Å². The first-order valence-corrected chi connectivity index (χ1v) is 12.2. The van der Waals surface area contributed by atoms with Gasteiger partial charge in [-0.3, -0.25) is 9.69 Å². The Labute approximate surface area is 186 Å². The second-order valence-electron chi connectivity index (χ2n) is 9.54. The molecule has 0 spiro atoms. The van der Waals surface area contributed by atoms with E-state index >= 15 is 0 Å². The van der Waals surface area contributed by atoms with Crippen LogP contribution in [-0.2, 0) is 16.1 Å². The monoisotopic (exact) mass is 431 g/mol. The molecule has 1 saturated carbocycles. The van der Waals surface area contributed by atoms with Crippen molar-refractivity contribution in [3.63, 3.8) is 0 Å². The molecule has 31 heavy (non-hydrogen) atoms. The molecule has 1 N–H and O–H groups in total. The molecular formula is C25H38FN3O2. The van der Waals surface area contributed by atoms with Crippen LogP contribution in [0, 0.1) is 5.82 Å². The zero-order chi connectivity index (χ0) is 21.5. The number of hydrogen-bond donors (Lipinski definition) is 1. The van der Waals surface area contributed by atoms with E-state index in [9.17, 15) is 9.18 Å². The van der Waals surface area contributed by atoms with E-state index in [-0.39, 0.29) is 11.4 Å². The minimum atomic E-state index is -0.198. The molecule has 0 aromatic heterocycles. The molecule has 6 heteroatoms. The maximum atomic E-state index is 13.1. The Kier molecular flexibility index (Phi) is 7.96. The van der Waals surface area contributed by atoms with Crippen molar-refractivity contribution >= 4 is 5.91 Å². The summed E-state index contributed by atoms with van der Waals surface area (Å²) in [4.78, 5) is 17.8. The van der Waals surface area contributed by atoms with Crippen molar-refractivity contribution < 1.29 is 13.9 Å². The molecule has 1 aromatic carbocycles. The molecule has 4 rings (SSSR count). The predicted octanol–water partition coefficient (Wildman–Crippen LogP) is 3.72. The van der Waals surface area contributed by atoms with Gasteiger partial charge in [0.1, 0.15) is 5.82 Å². The van der Waals surface area contributed by atoms with Crippen LogP contribution in [0.5, 0.6) is 0 Å². The van der Waals surface area contributed by atoms with E-state index in [1.165, 1.54) is 50.7 Å². The van der Waals surface area contributed by atoms with Gasteiger partial charge in [-0.15, -0.1) is 0 Å². The Morgan fingerprint density at radius 2 is 1.77 bits per heavy atom. The third-order valence-corrected chi connectivity index (χ3v) is 7.53. The molecule has 172 valence electrons. The van der Waals surface area contributed by atoms with Crippen LogP contribution in [0.3, 0.4) is 0 Å². The van der Waals surface area contributed by atoms with E-state index in [0.29, 0.717) is 18.4 Å². The molecule has 1 atom stereocenters. The number of nitrogens with one attached hydrogen (secondary N) is 1. The normalized spacial score (nSPS) is 25.0. The number of ether oxygens (including phenoxy) is 1. The molecular weight excluding hydrogens is 393 g/mol. The molecule has 5 nitrogen and oxygen atoms in total. The second-order valence-corrected chi connectivity index (χ2v) is 9.54. The molecule has 2 saturated heterocycles. The fraction of sp³-hybridized carbons (Fsp3) is 0.720. The van der Waals surface area contributed by atoms with Gasteiger partial charge in [0.2, 0.25) is 5.91 Å². The Balaban J connectivity index is 1.35. The summed E-state index contributed by atoms with van der Waals surface area (Å²) in [6.07, 6.45) is 10.2. The molecule has 1 aliphatic carbocycles. The van der Waals surface area contributed by atoms with E-state index in [4.69, 9.17) is 4.74 Å². The highest BCUT2D eigenvalue weighted by Crippen LogP contribution is 2.36. The maximum Gasteiger partial charge on any atom is 0.222 e. The van der Waals surface area contributed by atoms with Gasteiger partial charge in [-0.1, -0.05) is 37.8 Å². The lowest BCUT2D eigenvalue weighted by molar-refractivity contribution is -0.132. The number of carbonyl (C=O) groups excluding carboxylic acids is 1. The summed E-state index contributed by atoms with van der Waals surface area (Å²) in [7, 11) is 0. The summed E-state index contributed by atoms with van der Waals surface area (Å²) in [6.45, 7) is 6.10. The number of nitrogens with zero attached hydrogens (tertiary/aromatic N) is 2. The number of carbonyl (C=O) groups is 1. The minimum absolute atomic E-state index is 0.125. The van der Waals surface area contributed by atoms with Crippen molar-refractivity contribution in [2.75, 3.05) is 39.4 Å². The van der Waals surface area contributed by atoms with Crippen LogP contribution in [0.15, 0.2) is 24.3 Å². The van der Waals surface area contributed by atoms with Crippen molar-refractivity contribution in [2.24, 2.45) is 0 Å². The first kappa shape index (κ1) is 22.7. The standard InChI is InChI=1S/C25H38FN3O2/c26-22-7-5-21(6-8-22)19-27-14-11-23-9-10-24(30)29(23)20-25(12-3-1-2-4-13-25)28-15-17-31-18-16-28/h5-8,23,27H,1-4,9-20H2/t23-/m1/s1. The molecule has 0 bridgehead atoms. The van der Waals surface area contributed by atoms with E-state index in [2.05, 4.69) is 15.1 Å². The van der Waals surface area contributed by atoms with Crippen LogP contribution >= 0.6 is 0 Å². The Bertz CT molecular complexity index is 697. The van der Waals surface area contributed by atoms with Crippen molar-refractivity contribution in [3.8, 4) is 0 Å². The third kappa shape index (κ3) is 5.85. The number of amides is 1. The van der Waals surface area contributed by atoms with Gasteiger partial charge in [0.05, 0.1) is 13.2 Å². The van der Waals surface area contributed by atoms with Gasteiger partial charge in [0.15, 0.2) is 0 Å². The molecule has 0 unspecified atom stereocenters.